The van der Waals surface area contributed by atoms with Crippen molar-refractivity contribution in [1.82, 2.24) is 5.32 Å². The second kappa shape index (κ2) is 74.1. The van der Waals surface area contributed by atoms with Crippen molar-refractivity contribution in [2.24, 2.45) is 0 Å². The number of aliphatic hydroxyl groups excluding tert-OH is 11. The zero-order valence-corrected chi connectivity index (χ0v) is 71.7. The van der Waals surface area contributed by atoms with Crippen LogP contribution in [0, 0.1) is 0 Å². The van der Waals surface area contributed by atoms with Gasteiger partial charge >= 0.3 is 0 Å². The molecule has 17 atom stereocenters. The predicted octanol–water partition coefficient (Wildman–Crippen LogP) is 18.2. The second-order valence-electron chi connectivity index (χ2n) is 32.4. The molecule has 3 fully saturated rings. The molecule has 0 aliphatic carbocycles. The van der Waals surface area contributed by atoms with Crippen molar-refractivity contribution in [3.8, 4) is 0 Å². The smallest absolute Gasteiger partial charge is 0.220 e. The lowest BCUT2D eigenvalue weighted by Gasteiger charge is -2.48. The highest BCUT2D eigenvalue weighted by Crippen LogP contribution is 2.34. The molecule has 17 unspecified atom stereocenters. The molecule has 664 valence electrons. The number of hydrogen-bond donors (Lipinski definition) is 12. The van der Waals surface area contributed by atoms with Gasteiger partial charge in [-0.25, -0.2) is 0 Å². The summed E-state index contributed by atoms with van der Waals surface area (Å²) in [4.78, 5) is 13.6. The number of aliphatic hydroxyl groups is 11. The third kappa shape index (κ3) is 52.2. The SMILES string of the molecule is CC/C=C\C/C=C\C/C=C\C/C=C\C/C=C\C/C=C\C/C=C\C/C=C\C/C=C\C/C=C\CCCCCCCCCCCCC(=O)NC(COC1OC(CO)C(OC2OC(CO)C(OC3OC(CO)C(O)C(O)C3O)C(O)C2O)C(O)C1O)C(O)CCCCCCCCCCCCCCCCCCCCCCCCCCCCCCC. The van der Waals surface area contributed by atoms with Crippen LogP contribution in [0.2, 0.25) is 0 Å². The Morgan fingerprint density at radius 2 is 0.600 bits per heavy atom. The molecule has 12 N–H and O–H groups in total. The summed E-state index contributed by atoms with van der Waals surface area (Å²) in [6.07, 6.45) is 78.7. The van der Waals surface area contributed by atoms with Gasteiger partial charge in [0.25, 0.3) is 0 Å². The monoisotopic (exact) mass is 1620 g/mol. The molecule has 0 aromatic rings. The van der Waals surface area contributed by atoms with Gasteiger partial charge in [0, 0.05) is 6.42 Å². The topological polar surface area (TPSA) is 307 Å². The van der Waals surface area contributed by atoms with Gasteiger partial charge in [-0.3, -0.25) is 4.79 Å². The van der Waals surface area contributed by atoms with Crippen LogP contribution < -0.4 is 5.32 Å². The number of allylic oxidation sites excluding steroid dienone is 20. The first kappa shape index (κ1) is 105. The highest BCUT2D eigenvalue weighted by Gasteiger charge is 2.54. The highest BCUT2D eigenvalue weighted by atomic mass is 16.8. The van der Waals surface area contributed by atoms with Gasteiger partial charge in [0.2, 0.25) is 5.91 Å². The Balaban J connectivity index is 1.32. The van der Waals surface area contributed by atoms with Crippen molar-refractivity contribution < 1.29 is 89.4 Å². The van der Waals surface area contributed by atoms with Crippen LogP contribution in [0.1, 0.15) is 348 Å². The van der Waals surface area contributed by atoms with Crippen LogP contribution in [-0.2, 0) is 33.2 Å². The Morgan fingerprint density at radius 3 is 0.939 bits per heavy atom. The van der Waals surface area contributed by atoms with Crippen LogP contribution in [0.15, 0.2) is 122 Å². The first-order valence-corrected chi connectivity index (χ1v) is 46.3. The number of hydrogen-bond acceptors (Lipinski definition) is 18. The van der Waals surface area contributed by atoms with Crippen molar-refractivity contribution in [3.05, 3.63) is 122 Å². The lowest BCUT2D eigenvalue weighted by molar-refractivity contribution is -0.379. The van der Waals surface area contributed by atoms with Gasteiger partial charge in [-0.05, 0) is 89.9 Å². The number of unbranched alkanes of at least 4 members (excludes halogenated alkanes) is 38. The number of rotatable bonds is 74. The predicted molar refractivity (Wildman–Crippen MR) is 466 cm³/mol. The molecular formula is C96H167NO18. The Morgan fingerprint density at radius 1 is 0.322 bits per heavy atom. The van der Waals surface area contributed by atoms with Crippen molar-refractivity contribution in [3.63, 3.8) is 0 Å². The van der Waals surface area contributed by atoms with Crippen LogP contribution >= 0.6 is 0 Å². The van der Waals surface area contributed by atoms with Crippen LogP contribution in [-0.4, -0.2) is 193 Å². The van der Waals surface area contributed by atoms with Crippen LogP contribution in [0.25, 0.3) is 0 Å². The average Bonchev–Trinajstić information content (AvgIpc) is 0.778. The van der Waals surface area contributed by atoms with Crippen LogP contribution in [0.4, 0.5) is 0 Å². The molecule has 0 radical (unpaired) electrons. The number of ether oxygens (including phenoxy) is 6. The van der Waals surface area contributed by atoms with E-state index in [-0.39, 0.29) is 18.9 Å². The maximum absolute atomic E-state index is 13.6. The minimum atomic E-state index is -1.98. The molecule has 3 rings (SSSR count). The molecule has 19 heteroatoms. The quantitative estimate of drug-likeness (QED) is 0.0199. The summed E-state index contributed by atoms with van der Waals surface area (Å²) in [6, 6.07) is -0.900. The van der Waals surface area contributed by atoms with E-state index in [4.69, 9.17) is 28.4 Å². The third-order valence-corrected chi connectivity index (χ3v) is 22.3. The lowest BCUT2D eigenvalue weighted by Crippen LogP contribution is -2.66. The molecule has 3 aliphatic heterocycles. The number of amides is 1. The lowest BCUT2D eigenvalue weighted by atomic mass is 9.96. The Hall–Kier alpha value is -3.81. The molecule has 115 heavy (non-hydrogen) atoms. The van der Waals surface area contributed by atoms with Gasteiger partial charge in [0.15, 0.2) is 18.9 Å². The van der Waals surface area contributed by atoms with Gasteiger partial charge in [0.05, 0.1) is 38.6 Å². The van der Waals surface area contributed by atoms with E-state index in [9.17, 15) is 61.0 Å². The molecule has 0 spiro atoms. The van der Waals surface area contributed by atoms with Gasteiger partial charge in [-0.1, -0.05) is 373 Å². The van der Waals surface area contributed by atoms with E-state index in [2.05, 4.69) is 141 Å². The zero-order valence-electron chi connectivity index (χ0n) is 71.7. The van der Waals surface area contributed by atoms with E-state index >= 15 is 0 Å². The minimum absolute atomic E-state index is 0.247. The molecular weight excluding hydrogens is 1460 g/mol. The molecule has 3 aliphatic rings. The van der Waals surface area contributed by atoms with Crippen molar-refractivity contribution in [2.75, 3.05) is 26.4 Å². The van der Waals surface area contributed by atoms with Gasteiger partial charge in [0.1, 0.15) is 73.2 Å². The summed E-state index contributed by atoms with van der Waals surface area (Å²) >= 11 is 0. The van der Waals surface area contributed by atoms with Crippen molar-refractivity contribution in [1.29, 1.82) is 0 Å². The van der Waals surface area contributed by atoms with Gasteiger partial charge < -0.3 is 89.9 Å². The van der Waals surface area contributed by atoms with E-state index in [1.165, 1.54) is 193 Å². The molecule has 0 aromatic heterocycles. The zero-order chi connectivity index (χ0) is 83.1. The normalized spacial score (nSPS) is 25.2. The summed E-state index contributed by atoms with van der Waals surface area (Å²) in [5.74, 6) is -0.247. The van der Waals surface area contributed by atoms with E-state index in [1.54, 1.807) is 0 Å². The van der Waals surface area contributed by atoms with Gasteiger partial charge in [-0.2, -0.15) is 0 Å². The summed E-state index contributed by atoms with van der Waals surface area (Å²) in [5, 5.41) is 121. The fourth-order valence-corrected chi connectivity index (χ4v) is 15.0. The number of carbonyl (C=O) groups is 1. The fraction of sp³-hybridized carbons (Fsp3) is 0.781. The van der Waals surface area contributed by atoms with E-state index in [0.29, 0.717) is 12.8 Å². The Labute approximate surface area is 697 Å². The number of nitrogens with one attached hydrogen (secondary N) is 1. The maximum atomic E-state index is 13.6. The molecule has 19 nitrogen and oxygen atoms in total. The Bertz CT molecular complexity index is 2550. The molecule has 0 bridgehead atoms. The van der Waals surface area contributed by atoms with Gasteiger partial charge in [-0.15, -0.1) is 0 Å². The van der Waals surface area contributed by atoms with Crippen LogP contribution in [0.3, 0.4) is 0 Å². The largest absolute Gasteiger partial charge is 0.394 e. The van der Waals surface area contributed by atoms with E-state index in [1.807, 2.05) is 0 Å². The molecule has 0 saturated carbocycles. The highest BCUT2D eigenvalue weighted by molar-refractivity contribution is 5.76. The van der Waals surface area contributed by atoms with Crippen LogP contribution in [0.5, 0.6) is 0 Å². The van der Waals surface area contributed by atoms with E-state index < -0.39 is 124 Å². The third-order valence-electron chi connectivity index (χ3n) is 22.3. The molecule has 3 heterocycles. The summed E-state index contributed by atoms with van der Waals surface area (Å²) in [5.41, 5.74) is 0. The molecule has 1 amide bonds. The average molecular weight is 1620 g/mol. The maximum Gasteiger partial charge on any atom is 0.220 e. The Kier molecular flexibility index (Phi) is 67.9. The summed E-state index contributed by atoms with van der Waals surface area (Å²) < 4.78 is 34.6. The second-order valence-corrected chi connectivity index (χ2v) is 32.4. The first-order valence-electron chi connectivity index (χ1n) is 46.3. The summed E-state index contributed by atoms with van der Waals surface area (Å²) in [7, 11) is 0. The minimum Gasteiger partial charge on any atom is -0.394 e. The van der Waals surface area contributed by atoms with Crippen molar-refractivity contribution >= 4 is 5.91 Å². The van der Waals surface area contributed by atoms with Crippen molar-refractivity contribution in [2.45, 2.75) is 452 Å². The summed E-state index contributed by atoms with van der Waals surface area (Å²) in [6.45, 7) is 1.72. The van der Waals surface area contributed by atoms with E-state index in [0.717, 1.165) is 122 Å². The standard InChI is InChI=1S/C96H167NO18/c1-3-5-7-9-11-13-15-17-19-21-23-25-27-29-31-33-34-35-36-37-38-39-40-41-42-43-44-46-48-50-52-54-56-58-60-62-64-66-68-70-72-74-84(102)97-79(80(101)73-71-69-67-65-63-61-59-57-55-53-51-49-47-45-32-30-28-26-24-22-20-18-16-14-12-10-8-6-4-2)78-110-94-90(108)87(105)92(82(76-99)112-94)115-96-91(109)88(106)93(83(77-100)113-96)114-95-89(107)86(104)85(103)81(75-98)111-95/h5,7,11,13,17,19,23,25,29,31,34-35,37-38,40-41,43-44,48,50,79-83,85-96,98-101,103-109H,3-4,6,8-10,12,14-16,18,20-22,24,26-28,30,32-33,36,39,42,45-47,49,51-78H2,1-2H3,(H,97,102)/b7-5-,13-11-,19-17-,25-23-,31-29-,35-34-,38-37-,41-40-,44-43-,50-48-. The molecule has 3 saturated heterocycles. The first-order chi connectivity index (χ1) is 56.3. The fourth-order valence-electron chi connectivity index (χ4n) is 15.0. The molecule has 0 aromatic carbocycles. The number of carbonyl (C=O) groups excluding carboxylic acids is 1.